The molecule has 2 rings (SSSR count). The molecule has 5 nitrogen and oxygen atoms in total. The Hall–Kier alpha value is -1.18. The fourth-order valence-electron chi connectivity index (χ4n) is 2.25. The van der Waals surface area contributed by atoms with Crippen LogP contribution in [0.25, 0.3) is 0 Å². The van der Waals surface area contributed by atoms with Crippen LogP contribution in [0.3, 0.4) is 0 Å². The van der Waals surface area contributed by atoms with Crippen molar-refractivity contribution in [1.29, 1.82) is 0 Å². The average molecular weight is 372 g/mol. The number of rotatable bonds is 4. The topological polar surface area (TPSA) is 64.0 Å². The van der Waals surface area contributed by atoms with Crippen molar-refractivity contribution in [3.05, 3.63) is 45.7 Å². The minimum absolute atomic E-state index is 0.258. The molecule has 1 aromatic heterocycles. The molecule has 21 heavy (non-hydrogen) atoms. The van der Waals surface area contributed by atoms with Crippen molar-refractivity contribution in [2.45, 2.75) is 31.7 Å². The Morgan fingerprint density at radius 2 is 1.81 bits per heavy atom. The van der Waals surface area contributed by atoms with Crippen molar-refractivity contribution in [2.24, 2.45) is 7.05 Å². The van der Waals surface area contributed by atoms with E-state index in [0.29, 0.717) is 11.4 Å². The van der Waals surface area contributed by atoms with Crippen LogP contribution < -0.4 is 4.72 Å². The van der Waals surface area contributed by atoms with E-state index in [0.717, 1.165) is 10.0 Å². The second-order valence-electron chi connectivity index (χ2n) is 5.02. The Labute approximate surface area is 133 Å². The number of hydrogen-bond acceptors (Lipinski definition) is 3. The molecule has 0 saturated heterocycles. The number of aryl methyl sites for hydroxylation is 2. The van der Waals surface area contributed by atoms with E-state index in [4.69, 9.17) is 0 Å². The Morgan fingerprint density at radius 1 is 1.24 bits per heavy atom. The van der Waals surface area contributed by atoms with Gasteiger partial charge in [0.1, 0.15) is 4.90 Å². The molecule has 2 aromatic rings. The summed E-state index contributed by atoms with van der Waals surface area (Å²) in [5, 5.41) is 4.16. The summed E-state index contributed by atoms with van der Waals surface area (Å²) in [5.74, 6) is 0. The van der Waals surface area contributed by atoms with Gasteiger partial charge in [-0.15, -0.1) is 0 Å². The highest BCUT2D eigenvalue weighted by molar-refractivity contribution is 9.10. The van der Waals surface area contributed by atoms with Gasteiger partial charge in [0.05, 0.1) is 11.4 Å². The van der Waals surface area contributed by atoms with E-state index in [1.165, 1.54) is 0 Å². The van der Waals surface area contributed by atoms with E-state index in [9.17, 15) is 8.42 Å². The highest BCUT2D eigenvalue weighted by Crippen LogP contribution is 2.22. The van der Waals surface area contributed by atoms with Gasteiger partial charge in [-0.25, -0.2) is 13.1 Å². The van der Waals surface area contributed by atoms with Crippen LogP contribution in [-0.4, -0.2) is 18.2 Å². The molecular formula is C14H18BrN3O2S. The Kier molecular flexibility index (Phi) is 4.55. The molecule has 1 heterocycles. The third kappa shape index (κ3) is 3.36. The third-order valence-electron chi connectivity index (χ3n) is 3.41. The lowest BCUT2D eigenvalue weighted by molar-refractivity contribution is 0.565. The van der Waals surface area contributed by atoms with Crippen LogP contribution in [-0.2, 0) is 17.1 Å². The average Bonchev–Trinajstić information content (AvgIpc) is 2.63. The first-order chi connectivity index (χ1) is 9.72. The fraction of sp³-hybridized carbons (Fsp3) is 0.357. The number of hydrogen-bond donors (Lipinski definition) is 1. The van der Waals surface area contributed by atoms with E-state index in [2.05, 4.69) is 25.8 Å². The van der Waals surface area contributed by atoms with E-state index in [1.54, 1.807) is 25.6 Å². The number of nitrogens with one attached hydrogen (secondary N) is 1. The third-order valence-corrected chi connectivity index (χ3v) is 5.73. The van der Waals surface area contributed by atoms with Gasteiger partial charge in [0, 0.05) is 17.6 Å². The van der Waals surface area contributed by atoms with Crippen molar-refractivity contribution >= 4 is 26.0 Å². The van der Waals surface area contributed by atoms with Crippen LogP contribution in [0.1, 0.15) is 29.9 Å². The summed E-state index contributed by atoms with van der Waals surface area (Å²) >= 11 is 3.36. The van der Waals surface area contributed by atoms with Crippen molar-refractivity contribution in [2.75, 3.05) is 0 Å². The maximum atomic E-state index is 12.6. The van der Waals surface area contributed by atoms with Gasteiger partial charge >= 0.3 is 0 Å². The molecule has 0 amide bonds. The van der Waals surface area contributed by atoms with Crippen LogP contribution in [0.4, 0.5) is 0 Å². The molecule has 0 radical (unpaired) electrons. The second-order valence-corrected chi connectivity index (χ2v) is 7.58. The number of nitrogens with zero attached hydrogens (tertiary/aromatic N) is 2. The molecule has 1 atom stereocenters. The van der Waals surface area contributed by atoms with Gasteiger partial charge in [-0.3, -0.25) is 4.68 Å². The van der Waals surface area contributed by atoms with Crippen molar-refractivity contribution in [3.63, 3.8) is 0 Å². The summed E-state index contributed by atoms with van der Waals surface area (Å²) in [4.78, 5) is 0.258. The fourth-order valence-corrected chi connectivity index (χ4v) is 4.19. The zero-order valence-corrected chi connectivity index (χ0v) is 14.8. The van der Waals surface area contributed by atoms with Crippen LogP contribution in [0.2, 0.25) is 0 Å². The molecule has 0 bridgehead atoms. The lowest BCUT2D eigenvalue weighted by Gasteiger charge is -2.15. The molecule has 114 valence electrons. The minimum atomic E-state index is -3.60. The zero-order chi connectivity index (χ0) is 15.8. The lowest BCUT2D eigenvalue weighted by atomic mass is 10.1. The first-order valence-electron chi connectivity index (χ1n) is 6.50. The second kappa shape index (κ2) is 5.90. The van der Waals surface area contributed by atoms with E-state index < -0.39 is 10.0 Å². The normalized spacial score (nSPS) is 13.4. The first-order valence-corrected chi connectivity index (χ1v) is 8.78. The Bertz CT molecular complexity index is 751. The van der Waals surface area contributed by atoms with Crippen LogP contribution in [0, 0.1) is 13.8 Å². The van der Waals surface area contributed by atoms with E-state index >= 15 is 0 Å². The molecule has 1 unspecified atom stereocenters. The summed E-state index contributed by atoms with van der Waals surface area (Å²) in [6.07, 6.45) is 0. The van der Waals surface area contributed by atoms with Gasteiger partial charge in [0.2, 0.25) is 10.0 Å². The van der Waals surface area contributed by atoms with Gasteiger partial charge in [-0.05, 0) is 38.5 Å². The van der Waals surface area contributed by atoms with Crippen molar-refractivity contribution in [3.8, 4) is 0 Å². The number of benzene rings is 1. The molecule has 0 spiro atoms. The van der Waals surface area contributed by atoms with Crippen LogP contribution in [0.5, 0.6) is 0 Å². The molecule has 7 heteroatoms. The largest absolute Gasteiger partial charge is 0.271 e. The van der Waals surface area contributed by atoms with Gasteiger partial charge in [-0.1, -0.05) is 28.1 Å². The molecule has 0 saturated carbocycles. The van der Waals surface area contributed by atoms with Gasteiger partial charge in [-0.2, -0.15) is 5.10 Å². The highest BCUT2D eigenvalue weighted by Gasteiger charge is 2.25. The Balaban J connectivity index is 2.31. The monoisotopic (exact) mass is 371 g/mol. The van der Waals surface area contributed by atoms with E-state index in [1.807, 2.05) is 31.2 Å². The standard InChI is InChI=1S/C14H18BrN3O2S/c1-9(12-5-7-13(15)8-6-12)17-21(19,20)14-10(2)16-18(4)11(14)3/h5-9,17H,1-4H3. The predicted molar refractivity (Wildman–Crippen MR) is 85.6 cm³/mol. The van der Waals surface area contributed by atoms with Crippen molar-refractivity contribution < 1.29 is 8.42 Å². The van der Waals surface area contributed by atoms with Gasteiger partial charge < -0.3 is 0 Å². The summed E-state index contributed by atoms with van der Waals surface area (Å²) in [6.45, 7) is 5.27. The van der Waals surface area contributed by atoms with Gasteiger partial charge in [0.15, 0.2) is 0 Å². The highest BCUT2D eigenvalue weighted by atomic mass is 79.9. The quantitative estimate of drug-likeness (QED) is 0.898. The molecule has 0 aliphatic rings. The summed E-state index contributed by atoms with van der Waals surface area (Å²) in [6, 6.07) is 7.24. The molecular weight excluding hydrogens is 354 g/mol. The zero-order valence-electron chi connectivity index (χ0n) is 12.4. The van der Waals surface area contributed by atoms with Crippen LogP contribution >= 0.6 is 15.9 Å². The van der Waals surface area contributed by atoms with Gasteiger partial charge in [0.25, 0.3) is 0 Å². The first kappa shape index (κ1) is 16.2. The Morgan fingerprint density at radius 3 is 2.29 bits per heavy atom. The molecule has 0 aliphatic heterocycles. The summed E-state index contributed by atoms with van der Waals surface area (Å²) in [7, 11) is -1.87. The van der Waals surface area contributed by atoms with E-state index in [-0.39, 0.29) is 10.9 Å². The summed E-state index contributed by atoms with van der Waals surface area (Å²) in [5.41, 5.74) is 2.04. The molecule has 0 fully saturated rings. The van der Waals surface area contributed by atoms with Crippen LogP contribution in [0.15, 0.2) is 33.6 Å². The molecule has 1 aromatic carbocycles. The summed E-state index contributed by atoms with van der Waals surface area (Å²) < 4.78 is 30.4. The molecule has 0 aliphatic carbocycles. The number of sulfonamides is 1. The predicted octanol–water partition coefficient (Wildman–Crippen LogP) is 2.84. The SMILES string of the molecule is Cc1nn(C)c(C)c1S(=O)(=O)NC(C)c1ccc(Br)cc1. The van der Waals surface area contributed by atoms with Crippen molar-refractivity contribution in [1.82, 2.24) is 14.5 Å². The number of aromatic nitrogens is 2. The minimum Gasteiger partial charge on any atom is -0.271 e. The maximum absolute atomic E-state index is 12.6. The maximum Gasteiger partial charge on any atom is 0.244 e. The number of halogens is 1. The molecule has 1 N–H and O–H groups in total. The lowest BCUT2D eigenvalue weighted by Crippen LogP contribution is -2.27. The smallest absolute Gasteiger partial charge is 0.244 e.